The predicted octanol–water partition coefficient (Wildman–Crippen LogP) is 5.64. The lowest BCUT2D eigenvalue weighted by Gasteiger charge is -2.20. The van der Waals surface area contributed by atoms with Crippen molar-refractivity contribution in [1.29, 1.82) is 0 Å². The molecule has 36 heavy (non-hydrogen) atoms. The van der Waals surface area contributed by atoms with Crippen molar-refractivity contribution in [2.45, 2.75) is 46.2 Å². The molecule has 9 heteroatoms. The number of aromatic nitrogens is 3. The van der Waals surface area contributed by atoms with Crippen LogP contribution in [0, 0.1) is 19.7 Å². The first-order valence-corrected chi connectivity index (χ1v) is 12.5. The van der Waals surface area contributed by atoms with Crippen LogP contribution in [0.5, 0.6) is 0 Å². The second-order valence-corrected chi connectivity index (χ2v) is 9.39. The van der Waals surface area contributed by atoms with Gasteiger partial charge in [0.2, 0.25) is 0 Å². The summed E-state index contributed by atoms with van der Waals surface area (Å²) in [7, 11) is 0. The summed E-state index contributed by atoms with van der Waals surface area (Å²) in [5.74, 6) is 0.173. The van der Waals surface area contributed by atoms with Gasteiger partial charge in [-0.05, 0) is 78.3 Å². The molecule has 2 aromatic heterocycles. The minimum absolute atomic E-state index is 0.282. The van der Waals surface area contributed by atoms with Crippen molar-refractivity contribution in [3.05, 3.63) is 88.6 Å². The van der Waals surface area contributed by atoms with Crippen molar-refractivity contribution >= 4 is 29.0 Å². The summed E-state index contributed by atoms with van der Waals surface area (Å²) < 4.78 is 18.2. The largest absolute Gasteiger partial charge is 0.480 e. The number of halogens is 1. The van der Waals surface area contributed by atoms with Gasteiger partial charge in [0.1, 0.15) is 22.7 Å². The van der Waals surface area contributed by atoms with Gasteiger partial charge in [0.25, 0.3) is 0 Å². The summed E-state index contributed by atoms with van der Waals surface area (Å²) in [6, 6.07) is 13.6. The highest BCUT2D eigenvalue weighted by Crippen LogP contribution is 2.26. The van der Waals surface area contributed by atoms with Crippen LogP contribution in [0.4, 0.5) is 15.9 Å². The van der Waals surface area contributed by atoms with Crippen molar-refractivity contribution in [3.63, 3.8) is 0 Å². The highest BCUT2D eigenvalue weighted by Gasteiger charge is 2.20. The van der Waals surface area contributed by atoms with Crippen LogP contribution in [-0.4, -0.2) is 31.5 Å². The summed E-state index contributed by atoms with van der Waals surface area (Å²) in [5, 5.41) is 17.0. The molecule has 0 radical (unpaired) electrons. The fraction of sp³-hybridized carbons (Fsp3) is 0.259. The molecule has 0 saturated heterocycles. The molecule has 0 aliphatic rings. The smallest absolute Gasteiger partial charge is 0.326 e. The third-order valence-electron chi connectivity index (χ3n) is 5.83. The highest BCUT2D eigenvalue weighted by molar-refractivity contribution is 7.09. The number of pyridine rings is 1. The van der Waals surface area contributed by atoms with Crippen LogP contribution in [0.1, 0.15) is 35.0 Å². The Balaban J connectivity index is 1.42. The van der Waals surface area contributed by atoms with E-state index in [0.29, 0.717) is 30.0 Å². The van der Waals surface area contributed by atoms with E-state index < -0.39 is 12.0 Å². The molecule has 0 fully saturated rings. The molecule has 0 bridgehead atoms. The number of nitrogens with zero attached hydrogens (tertiary/aromatic N) is 3. The van der Waals surface area contributed by atoms with E-state index in [-0.39, 0.29) is 12.2 Å². The Labute approximate surface area is 213 Å². The molecule has 0 amide bonds. The van der Waals surface area contributed by atoms with Gasteiger partial charge in [0, 0.05) is 23.9 Å². The van der Waals surface area contributed by atoms with Crippen LogP contribution >= 0.6 is 11.5 Å². The summed E-state index contributed by atoms with van der Waals surface area (Å²) >= 11 is 1.32. The number of carboxylic acid groups (broad SMARTS) is 1. The van der Waals surface area contributed by atoms with E-state index in [4.69, 9.17) is 0 Å². The molecule has 1 unspecified atom stereocenters. The van der Waals surface area contributed by atoms with Gasteiger partial charge in [0.15, 0.2) is 5.82 Å². The summed E-state index contributed by atoms with van der Waals surface area (Å²) in [6.45, 7) is 6.18. The highest BCUT2D eigenvalue weighted by atomic mass is 32.1. The molecule has 7 nitrogen and oxygen atoms in total. The van der Waals surface area contributed by atoms with Crippen LogP contribution in [0.25, 0.3) is 10.6 Å². The maximum atomic E-state index is 13.8. The number of rotatable bonds is 10. The van der Waals surface area contributed by atoms with E-state index in [1.165, 1.54) is 23.7 Å². The lowest BCUT2D eigenvalue weighted by molar-refractivity contribution is -0.137. The van der Waals surface area contributed by atoms with Crippen molar-refractivity contribution in [3.8, 4) is 10.6 Å². The number of nitrogens with one attached hydrogen (secondary N) is 2. The normalized spacial score (nSPS) is 11.8. The Morgan fingerprint density at radius 3 is 2.61 bits per heavy atom. The number of hydrogen-bond donors (Lipinski definition) is 3. The number of anilines is 2. The zero-order valence-corrected chi connectivity index (χ0v) is 21.2. The first kappa shape index (κ1) is 25.2. The molecular formula is C27H28FN5O2S. The third-order valence-corrected chi connectivity index (χ3v) is 6.63. The van der Waals surface area contributed by atoms with Crippen molar-refractivity contribution < 1.29 is 14.3 Å². The quantitative estimate of drug-likeness (QED) is 0.256. The van der Waals surface area contributed by atoms with Gasteiger partial charge in [0.05, 0.1) is 6.54 Å². The second-order valence-electron chi connectivity index (χ2n) is 8.63. The molecule has 1 atom stereocenters. The van der Waals surface area contributed by atoms with Crippen molar-refractivity contribution in [2.75, 3.05) is 10.6 Å². The zero-order valence-electron chi connectivity index (χ0n) is 20.4. The van der Waals surface area contributed by atoms with Gasteiger partial charge in [-0.25, -0.2) is 19.2 Å². The fourth-order valence-electron chi connectivity index (χ4n) is 3.94. The van der Waals surface area contributed by atoms with Gasteiger partial charge in [-0.1, -0.05) is 31.2 Å². The zero-order chi connectivity index (χ0) is 25.7. The molecule has 0 aliphatic heterocycles. The second kappa shape index (κ2) is 11.3. The monoisotopic (exact) mass is 505 g/mol. The van der Waals surface area contributed by atoms with Crippen molar-refractivity contribution in [2.24, 2.45) is 0 Å². The van der Waals surface area contributed by atoms with Crippen molar-refractivity contribution in [1.82, 2.24) is 14.3 Å². The van der Waals surface area contributed by atoms with E-state index in [1.54, 1.807) is 13.1 Å². The number of aliphatic carboxylic acids is 1. The Morgan fingerprint density at radius 2 is 1.92 bits per heavy atom. The predicted molar refractivity (Wildman–Crippen MR) is 141 cm³/mol. The number of carboxylic acids is 1. The maximum absolute atomic E-state index is 13.8. The van der Waals surface area contributed by atoms with E-state index in [9.17, 15) is 14.3 Å². The molecule has 3 N–H and O–H groups in total. The molecule has 2 aromatic carbocycles. The fourth-order valence-corrected chi connectivity index (χ4v) is 4.62. The SMILES string of the molecule is CCc1cc(F)cc(C)c1NC(Cc1ccc(-c2nc(CNc3cc(C)ccn3)ns2)cc1)C(=O)O. The molecule has 4 rings (SSSR count). The minimum Gasteiger partial charge on any atom is -0.480 e. The molecule has 0 aliphatic carbocycles. The van der Waals surface area contributed by atoms with E-state index in [2.05, 4.69) is 25.0 Å². The molecule has 4 aromatic rings. The first-order valence-electron chi connectivity index (χ1n) is 11.7. The van der Waals surface area contributed by atoms with Gasteiger partial charge in [-0.3, -0.25) is 0 Å². The Bertz CT molecular complexity index is 1360. The van der Waals surface area contributed by atoms with Crippen LogP contribution in [-0.2, 0) is 24.2 Å². The number of carbonyl (C=O) groups is 1. The average Bonchev–Trinajstić information content (AvgIpc) is 3.33. The number of hydrogen-bond acceptors (Lipinski definition) is 7. The topological polar surface area (TPSA) is 100 Å². The van der Waals surface area contributed by atoms with Crippen LogP contribution < -0.4 is 10.6 Å². The van der Waals surface area contributed by atoms with Crippen LogP contribution in [0.3, 0.4) is 0 Å². The number of aryl methyl sites for hydroxylation is 3. The molecular weight excluding hydrogens is 477 g/mol. The summed E-state index contributed by atoms with van der Waals surface area (Å²) in [5.41, 5.74) is 5.03. The average molecular weight is 506 g/mol. The Morgan fingerprint density at radius 1 is 1.14 bits per heavy atom. The third kappa shape index (κ3) is 6.23. The van der Waals surface area contributed by atoms with Gasteiger partial charge < -0.3 is 15.7 Å². The van der Waals surface area contributed by atoms with E-state index >= 15 is 0 Å². The molecule has 186 valence electrons. The standard InChI is InChI=1S/C27H28FN5O2S/c1-4-19-14-21(28)12-17(3)25(19)31-22(27(34)35)13-18-5-7-20(8-6-18)26-32-24(33-36-26)15-30-23-11-16(2)9-10-29-23/h5-12,14,22,31H,4,13,15H2,1-3H3,(H,29,30)(H,34,35). The lowest BCUT2D eigenvalue weighted by atomic mass is 10.0. The summed E-state index contributed by atoms with van der Waals surface area (Å²) in [6.07, 6.45) is 2.64. The Hall–Kier alpha value is -3.85. The van der Waals surface area contributed by atoms with E-state index in [0.717, 1.165) is 33.1 Å². The van der Waals surface area contributed by atoms with Crippen LogP contribution in [0.2, 0.25) is 0 Å². The van der Waals surface area contributed by atoms with Gasteiger partial charge in [-0.2, -0.15) is 4.37 Å². The summed E-state index contributed by atoms with van der Waals surface area (Å²) in [4.78, 5) is 20.9. The maximum Gasteiger partial charge on any atom is 0.326 e. The van der Waals surface area contributed by atoms with E-state index in [1.807, 2.05) is 50.2 Å². The van der Waals surface area contributed by atoms with Gasteiger partial charge >= 0.3 is 5.97 Å². The molecule has 2 heterocycles. The first-order chi connectivity index (χ1) is 17.3. The Kier molecular flexibility index (Phi) is 7.90. The van der Waals surface area contributed by atoms with Crippen LogP contribution in [0.15, 0.2) is 54.7 Å². The molecule has 0 saturated carbocycles. The number of benzene rings is 2. The van der Waals surface area contributed by atoms with Gasteiger partial charge in [-0.15, -0.1) is 0 Å². The minimum atomic E-state index is -0.964. The molecule has 0 spiro atoms. The lowest BCUT2D eigenvalue weighted by Crippen LogP contribution is -2.32.